The summed E-state index contributed by atoms with van der Waals surface area (Å²) in [6.07, 6.45) is 4.70. The van der Waals surface area contributed by atoms with Crippen LogP contribution >= 0.6 is 0 Å². The van der Waals surface area contributed by atoms with Crippen molar-refractivity contribution in [3.8, 4) is 5.75 Å². The van der Waals surface area contributed by atoms with Crippen molar-refractivity contribution in [1.82, 2.24) is 4.90 Å². The number of hydrogen-bond acceptors (Lipinski definition) is 5. The summed E-state index contributed by atoms with van der Waals surface area (Å²) >= 11 is 0. The molecule has 3 rings (SSSR count). The summed E-state index contributed by atoms with van der Waals surface area (Å²) in [4.78, 5) is 5.00. The Labute approximate surface area is 170 Å². The lowest BCUT2D eigenvalue weighted by atomic mass is 10.2. The maximum Gasteiger partial charge on any atom is 0.144 e. The van der Waals surface area contributed by atoms with Crippen LogP contribution in [0.15, 0.2) is 18.2 Å². The standard InChI is InChI=1S/C22H39N4O2/c1-26(2)14-11-24(12-15-26)9-6-17-27-16-5-3-4-10-25-13-18-28-22-19-20(23)7-8-21(22)25/h7-8,19H,3-6,9-18,23H2,1-2H3/q+1. The molecule has 2 N–H and O–H groups in total. The third-order valence-electron chi connectivity index (χ3n) is 5.97. The lowest BCUT2D eigenvalue weighted by Crippen LogP contribution is -2.54. The van der Waals surface area contributed by atoms with Crippen molar-refractivity contribution in [2.24, 2.45) is 0 Å². The normalized spacial score (nSPS) is 19.3. The van der Waals surface area contributed by atoms with Crippen molar-refractivity contribution in [2.75, 3.05) is 90.4 Å². The molecular weight excluding hydrogens is 352 g/mol. The molecule has 1 aromatic carbocycles. The van der Waals surface area contributed by atoms with Crippen LogP contribution in [-0.2, 0) is 4.74 Å². The van der Waals surface area contributed by atoms with E-state index in [-0.39, 0.29) is 0 Å². The van der Waals surface area contributed by atoms with Crippen LogP contribution in [0, 0.1) is 0 Å². The maximum absolute atomic E-state index is 5.85. The second-order valence-electron chi connectivity index (χ2n) is 8.81. The predicted octanol–water partition coefficient (Wildman–Crippen LogP) is 2.44. The Morgan fingerprint density at radius 1 is 1.00 bits per heavy atom. The van der Waals surface area contributed by atoms with Crippen molar-refractivity contribution in [2.45, 2.75) is 25.7 Å². The fourth-order valence-corrected chi connectivity index (χ4v) is 3.97. The molecule has 0 aliphatic carbocycles. The quantitative estimate of drug-likeness (QED) is 0.377. The number of benzene rings is 1. The number of fused-ring (bicyclic) bond motifs is 1. The summed E-state index contributed by atoms with van der Waals surface area (Å²) in [5, 5.41) is 0. The Balaban J connectivity index is 1.19. The van der Waals surface area contributed by atoms with E-state index in [0.717, 1.165) is 61.7 Å². The predicted molar refractivity (Wildman–Crippen MR) is 116 cm³/mol. The second-order valence-corrected chi connectivity index (χ2v) is 8.81. The smallest absolute Gasteiger partial charge is 0.144 e. The van der Waals surface area contributed by atoms with Gasteiger partial charge in [-0.2, -0.15) is 0 Å². The van der Waals surface area contributed by atoms with Gasteiger partial charge in [-0.3, -0.25) is 4.90 Å². The first-order valence-corrected chi connectivity index (χ1v) is 10.9. The highest BCUT2D eigenvalue weighted by atomic mass is 16.5. The van der Waals surface area contributed by atoms with E-state index in [1.165, 1.54) is 51.3 Å². The molecule has 1 saturated heterocycles. The summed E-state index contributed by atoms with van der Waals surface area (Å²) in [6, 6.07) is 5.97. The van der Waals surface area contributed by atoms with Crippen molar-refractivity contribution >= 4 is 11.4 Å². The third kappa shape index (κ3) is 6.54. The van der Waals surface area contributed by atoms with Gasteiger partial charge < -0.3 is 24.6 Å². The number of nitrogens with zero attached hydrogens (tertiary/aromatic N) is 3. The Hall–Kier alpha value is -1.50. The van der Waals surface area contributed by atoms with Gasteiger partial charge in [-0.15, -0.1) is 0 Å². The molecule has 0 amide bonds. The minimum Gasteiger partial charge on any atom is -0.489 e. The molecule has 1 aromatic rings. The summed E-state index contributed by atoms with van der Waals surface area (Å²) in [5.74, 6) is 0.922. The Morgan fingerprint density at radius 3 is 2.61 bits per heavy atom. The van der Waals surface area contributed by atoms with E-state index in [4.69, 9.17) is 15.2 Å². The summed E-state index contributed by atoms with van der Waals surface area (Å²) in [5.41, 5.74) is 7.80. The molecule has 28 heavy (non-hydrogen) atoms. The molecule has 0 atom stereocenters. The first kappa shape index (κ1) is 21.2. The van der Waals surface area contributed by atoms with Crippen molar-refractivity contribution < 1.29 is 14.0 Å². The van der Waals surface area contributed by atoms with Gasteiger partial charge in [-0.25, -0.2) is 0 Å². The fourth-order valence-electron chi connectivity index (χ4n) is 3.97. The largest absolute Gasteiger partial charge is 0.489 e. The van der Waals surface area contributed by atoms with Crippen LogP contribution in [0.2, 0.25) is 0 Å². The molecule has 158 valence electrons. The van der Waals surface area contributed by atoms with Gasteiger partial charge in [0.15, 0.2) is 0 Å². The van der Waals surface area contributed by atoms with Crippen LogP contribution in [0.4, 0.5) is 11.4 Å². The van der Waals surface area contributed by atoms with Crippen LogP contribution in [0.1, 0.15) is 25.7 Å². The van der Waals surface area contributed by atoms with Gasteiger partial charge in [0.05, 0.1) is 39.4 Å². The second kappa shape index (κ2) is 10.3. The number of nitrogen functional groups attached to an aromatic ring is 1. The van der Waals surface area contributed by atoms with E-state index in [1.54, 1.807) is 0 Å². The van der Waals surface area contributed by atoms with E-state index in [9.17, 15) is 0 Å². The van der Waals surface area contributed by atoms with Gasteiger partial charge in [0, 0.05) is 51.1 Å². The van der Waals surface area contributed by atoms with E-state index in [2.05, 4.69) is 30.0 Å². The monoisotopic (exact) mass is 391 g/mol. The molecule has 1 fully saturated rings. The van der Waals surface area contributed by atoms with E-state index < -0.39 is 0 Å². The van der Waals surface area contributed by atoms with Gasteiger partial charge in [-0.05, 0) is 37.8 Å². The molecule has 0 aromatic heterocycles. The topological polar surface area (TPSA) is 51.0 Å². The first-order valence-electron chi connectivity index (χ1n) is 10.9. The molecule has 0 unspecified atom stereocenters. The number of rotatable bonds is 10. The molecule has 2 heterocycles. The highest BCUT2D eigenvalue weighted by molar-refractivity contribution is 5.64. The van der Waals surface area contributed by atoms with Gasteiger partial charge in [0.25, 0.3) is 0 Å². The summed E-state index contributed by atoms with van der Waals surface area (Å²) < 4.78 is 12.7. The molecule has 0 spiro atoms. The molecule has 2 aliphatic rings. The minimum absolute atomic E-state index is 0.743. The molecule has 0 saturated carbocycles. The van der Waals surface area contributed by atoms with Crippen molar-refractivity contribution in [3.05, 3.63) is 18.2 Å². The number of nitrogens with two attached hydrogens (primary N) is 1. The van der Waals surface area contributed by atoms with Crippen LogP contribution < -0.4 is 15.4 Å². The molecule has 0 radical (unpaired) electrons. The maximum atomic E-state index is 5.85. The minimum atomic E-state index is 0.743. The average Bonchev–Trinajstić information content (AvgIpc) is 2.67. The zero-order valence-corrected chi connectivity index (χ0v) is 17.9. The van der Waals surface area contributed by atoms with E-state index >= 15 is 0 Å². The molecule has 2 aliphatic heterocycles. The average molecular weight is 392 g/mol. The lowest BCUT2D eigenvalue weighted by molar-refractivity contribution is -0.894. The Morgan fingerprint density at radius 2 is 1.79 bits per heavy atom. The molecule has 0 bridgehead atoms. The van der Waals surface area contributed by atoms with Crippen molar-refractivity contribution in [3.63, 3.8) is 0 Å². The number of ether oxygens (including phenoxy) is 2. The number of likely N-dealkylation sites (N-methyl/N-ethyl adjacent to an activating group) is 1. The van der Waals surface area contributed by atoms with Crippen LogP contribution in [0.3, 0.4) is 0 Å². The molecular formula is C22H39N4O2+. The zero-order chi connectivity index (χ0) is 19.8. The SMILES string of the molecule is C[N+]1(C)CCN(CCCOCCCCCN2CCOc3cc(N)ccc32)CC1. The summed E-state index contributed by atoms with van der Waals surface area (Å²) in [6.45, 7) is 10.7. The highest BCUT2D eigenvalue weighted by Gasteiger charge is 2.23. The first-order chi connectivity index (χ1) is 13.5. The van der Waals surface area contributed by atoms with Crippen LogP contribution in [-0.4, -0.2) is 89.1 Å². The van der Waals surface area contributed by atoms with Gasteiger partial charge >= 0.3 is 0 Å². The Bertz CT molecular complexity index is 598. The van der Waals surface area contributed by atoms with Crippen LogP contribution in [0.5, 0.6) is 5.75 Å². The number of piperazine rings is 1. The number of anilines is 2. The van der Waals surface area contributed by atoms with Gasteiger partial charge in [-0.1, -0.05) is 0 Å². The van der Waals surface area contributed by atoms with Gasteiger partial charge in [0.1, 0.15) is 12.4 Å². The number of unbranched alkanes of at least 4 members (excludes halogenated alkanes) is 2. The van der Waals surface area contributed by atoms with Gasteiger partial charge in [0.2, 0.25) is 0 Å². The molecule has 6 heteroatoms. The molecule has 6 nitrogen and oxygen atoms in total. The Kier molecular flexibility index (Phi) is 7.82. The number of hydrogen-bond donors (Lipinski definition) is 1. The van der Waals surface area contributed by atoms with Crippen LogP contribution in [0.25, 0.3) is 0 Å². The third-order valence-corrected chi connectivity index (χ3v) is 5.97. The summed E-state index contributed by atoms with van der Waals surface area (Å²) in [7, 11) is 4.66. The zero-order valence-electron chi connectivity index (χ0n) is 17.9. The van der Waals surface area contributed by atoms with E-state index in [0.29, 0.717) is 0 Å². The van der Waals surface area contributed by atoms with E-state index in [1.807, 2.05) is 12.1 Å². The fraction of sp³-hybridized carbons (Fsp3) is 0.727. The lowest BCUT2D eigenvalue weighted by Gasteiger charge is -2.39. The number of quaternary nitrogens is 1. The van der Waals surface area contributed by atoms with Crippen molar-refractivity contribution in [1.29, 1.82) is 0 Å². The highest BCUT2D eigenvalue weighted by Crippen LogP contribution is 2.33.